The van der Waals surface area contributed by atoms with Crippen molar-refractivity contribution in [1.82, 2.24) is 0 Å². The molecule has 2 aromatic rings. The molecule has 0 aromatic heterocycles. The van der Waals surface area contributed by atoms with Gasteiger partial charge in [0, 0.05) is 15.4 Å². The van der Waals surface area contributed by atoms with Gasteiger partial charge in [0.05, 0.1) is 11.6 Å². The Kier molecular flexibility index (Phi) is 3.59. The lowest BCUT2D eigenvalue weighted by Gasteiger charge is -2.04. The molecule has 3 heteroatoms. The average molecular weight is 239 g/mol. The van der Waals surface area contributed by atoms with Crippen molar-refractivity contribution in [1.29, 1.82) is 5.26 Å². The quantitative estimate of drug-likeness (QED) is 0.769. The van der Waals surface area contributed by atoms with E-state index in [1.807, 2.05) is 30.3 Å². The van der Waals surface area contributed by atoms with Crippen molar-refractivity contribution in [3.05, 3.63) is 59.7 Å². The van der Waals surface area contributed by atoms with Crippen LogP contribution in [0.3, 0.4) is 0 Å². The van der Waals surface area contributed by atoms with Gasteiger partial charge < -0.3 is 0 Å². The Bertz CT molecular complexity index is 573. The smallest absolute Gasteiger partial charge is 0.151 e. The van der Waals surface area contributed by atoms with Gasteiger partial charge in [-0.25, -0.2) is 0 Å². The Balaban J connectivity index is 2.37. The second-order valence-corrected chi connectivity index (χ2v) is 4.51. The second-order valence-electron chi connectivity index (χ2n) is 3.40. The summed E-state index contributed by atoms with van der Waals surface area (Å²) >= 11 is 1.49. The van der Waals surface area contributed by atoms with Crippen molar-refractivity contribution in [3.8, 4) is 6.07 Å². The van der Waals surface area contributed by atoms with Crippen molar-refractivity contribution in [2.45, 2.75) is 9.79 Å². The summed E-state index contributed by atoms with van der Waals surface area (Å²) in [6, 6.07) is 16.9. The molecule has 2 rings (SSSR count). The SMILES string of the molecule is N#Cc1ccc(C=O)c(Sc2ccccc2)c1. The first-order valence-corrected chi connectivity index (χ1v) is 5.87. The number of aldehydes is 1. The normalized spacial score (nSPS) is 9.59. The van der Waals surface area contributed by atoms with Crippen LogP contribution in [0.1, 0.15) is 15.9 Å². The third-order valence-corrected chi connectivity index (χ3v) is 3.32. The van der Waals surface area contributed by atoms with E-state index in [2.05, 4.69) is 6.07 Å². The fraction of sp³-hybridized carbons (Fsp3) is 0. The summed E-state index contributed by atoms with van der Waals surface area (Å²) in [5, 5.41) is 8.84. The van der Waals surface area contributed by atoms with Crippen LogP contribution in [-0.2, 0) is 0 Å². The van der Waals surface area contributed by atoms with Crippen LogP contribution < -0.4 is 0 Å². The molecule has 0 aliphatic carbocycles. The van der Waals surface area contributed by atoms with Crippen LogP contribution in [0.4, 0.5) is 0 Å². The lowest BCUT2D eigenvalue weighted by molar-refractivity contribution is 0.112. The number of nitrogens with zero attached hydrogens (tertiary/aromatic N) is 1. The highest BCUT2D eigenvalue weighted by atomic mass is 32.2. The fourth-order valence-corrected chi connectivity index (χ4v) is 2.37. The van der Waals surface area contributed by atoms with E-state index in [0.29, 0.717) is 11.1 Å². The fourth-order valence-electron chi connectivity index (χ4n) is 1.41. The highest BCUT2D eigenvalue weighted by Gasteiger charge is 2.05. The molecule has 0 bridgehead atoms. The number of rotatable bonds is 3. The number of nitriles is 1. The van der Waals surface area contributed by atoms with Gasteiger partial charge in [0.2, 0.25) is 0 Å². The summed E-state index contributed by atoms with van der Waals surface area (Å²) in [5.74, 6) is 0. The Hall–Kier alpha value is -2.05. The van der Waals surface area contributed by atoms with Gasteiger partial charge in [-0.3, -0.25) is 4.79 Å². The van der Waals surface area contributed by atoms with Crippen LogP contribution in [0.25, 0.3) is 0 Å². The molecule has 2 aromatic carbocycles. The van der Waals surface area contributed by atoms with Gasteiger partial charge in [0.15, 0.2) is 6.29 Å². The summed E-state index contributed by atoms with van der Waals surface area (Å²) < 4.78 is 0. The summed E-state index contributed by atoms with van der Waals surface area (Å²) in [5.41, 5.74) is 1.17. The maximum absolute atomic E-state index is 10.9. The van der Waals surface area contributed by atoms with Crippen LogP contribution in [0, 0.1) is 11.3 Å². The Morgan fingerprint density at radius 2 is 1.88 bits per heavy atom. The zero-order chi connectivity index (χ0) is 12.1. The molecule has 2 nitrogen and oxygen atoms in total. The standard InChI is InChI=1S/C14H9NOS/c15-9-11-6-7-12(10-16)14(8-11)17-13-4-2-1-3-5-13/h1-8,10H. The highest BCUT2D eigenvalue weighted by molar-refractivity contribution is 7.99. The van der Waals surface area contributed by atoms with Gasteiger partial charge in [-0.2, -0.15) is 5.26 Å². The van der Waals surface area contributed by atoms with Gasteiger partial charge in [0.1, 0.15) is 0 Å². The molecule has 0 spiro atoms. The third-order valence-electron chi connectivity index (χ3n) is 2.24. The maximum Gasteiger partial charge on any atom is 0.151 e. The van der Waals surface area contributed by atoms with Crippen molar-refractivity contribution in [3.63, 3.8) is 0 Å². The molecule has 0 aliphatic heterocycles. The van der Waals surface area contributed by atoms with Crippen LogP contribution in [0.5, 0.6) is 0 Å². The molecule has 0 amide bonds. The van der Waals surface area contributed by atoms with Crippen molar-refractivity contribution >= 4 is 18.0 Å². The van der Waals surface area contributed by atoms with Crippen LogP contribution >= 0.6 is 11.8 Å². The maximum atomic E-state index is 10.9. The molecule has 0 saturated heterocycles. The van der Waals surface area contributed by atoms with E-state index in [-0.39, 0.29) is 0 Å². The summed E-state index contributed by atoms with van der Waals surface area (Å²) in [4.78, 5) is 12.8. The molecule has 0 unspecified atom stereocenters. The topological polar surface area (TPSA) is 40.9 Å². The molecular weight excluding hydrogens is 230 g/mol. The lowest BCUT2D eigenvalue weighted by atomic mass is 10.2. The van der Waals surface area contributed by atoms with E-state index in [1.165, 1.54) is 11.8 Å². The minimum atomic E-state index is 0.564. The number of hydrogen-bond donors (Lipinski definition) is 0. The monoisotopic (exact) mass is 239 g/mol. The lowest BCUT2D eigenvalue weighted by Crippen LogP contribution is -1.86. The van der Waals surface area contributed by atoms with E-state index in [1.54, 1.807) is 18.2 Å². The highest BCUT2D eigenvalue weighted by Crippen LogP contribution is 2.30. The zero-order valence-corrected chi connectivity index (χ0v) is 9.78. The third kappa shape index (κ3) is 2.74. The molecule has 0 aliphatic rings. The molecule has 0 heterocycles. The van der Waals surface area contributed by atoms with E-state index in [4.69, 9.17) is 5.26 Å². The Morgan fingerprint density at radius 1 is 1.12 bits per heavy atom. The van der Waals surface area contributed by atoms with Gasteiger partial charge in [0.25, 0.3) is 0 Å². The van der Waals surface area contributed by atoms with Gasteiger partial charge in [-0.1, -0.05) is 30.0 Å². The largest absolute Gasteiger partial charge is 0.298 e. The van der Waals surface area contributed by atoms with Crippen molar-refractivity contribution < 1.29 is 4.79 Å². The average Bonchev–Trinajstić information content (AvgIpc) is 2.40. The summed E-state index contributed by atoms with van der Waals surface area (Å²) in [6.07, 6.45) is 0.812. The minimum absolute atomic E-state index is 0.564. The molecule has 17 heavy (non-hydrogen) atoms. The zero-order valence-electron chi connectivity index (χ0n) is 8.96. The molecule has 0 N–H and O–H groups in total. The van der Waals surface area contributed by atoms with Gasteiger partial charge >= 0.3 is 0 Å². The number of hydrogen-bond acceptors (Lipinski definition) is 3. The van der Waals surface area contributed by atoms with E-state index in [9.17, 15) is 4.79 Å². The van der Waals surface area contributed by atoms with Crippen LogP contribution in [-0.4, -0.2) is 6.29 Å². The van der Waals surface area contributed by atoms with E-state index in [0.717, 1.165) is 16.1 Å². The minimum Gasteiger partial charge on any atom is -0.298 e. The Labute approximate surface area is 104 Å². The number of benzene rings is 2. The van der Waals surface area contributed by atoms with Crippen LogP contribution in [0.2, 0.25) is 0 Å². The van der Waals surface area contributed by atoms with Crippen LogP contribution in [0.15, 0.2) is 58.3 Å². The second kappa shape index (κ2) is 5.33. The van der Waals surface area contributed by atoms with Crippen molar-refractivity contribution in [2.24, 2.45) is 0 Å². The van der Waals surface area contributed by atoms with Crippen molar-refractivity contribution in [2.75, 3.05) is 0 Å². The molecule has 0 radical (unpaired) electrons. The van der Waals surface area contributed by atoms with E-state index < -0.39 is 0 Å². The predicted molar refractivity (Wildman–Crippen MR) is 67.1 cm³/mol. The molecule has 0 atom stereocenters. The molecular formula is C14H9NOS. The molecule has 0 fully saturated rings. The molecule has 0 saturated carbocycles. The summed E-state index contributed by atoms with van der Waals surface area (Å²) in [6.45, 7) is 0. The first kappa shape index (κ1) is 11.4. The van der Waals surface area contributed by atoms with Gasteiger partial charge in [-0.05, 0) is 30.3 Å². The first-order valence-electron chi connectivity index (χ1n) is 5.05. The number of carbonyl (C=O) groups is 1. The summed E-state index contributed by atoms with van der Waals surface area (Å²) in [7, 11) is 0. The Morgan fingerprint density at radius 3 is 2.53 bits per heavy atom. The number of carbonyl (C=O) groups excluding carboxylic acids is 1. The first-order chi connectivity index (χ1) is 8.33. The van der Waals surface area contributed by atoms with E-state index >= 15 is 0 Å². The predicted octanol–water partition coefficient (Wildman–Crippen LogP) is 3.52. The van der Waals surface area contributed by atoms with Gasteiger partial charge in [-0.15, -0.1) is 0 Å². The molecule has 82 valence electrons.